The summed E-state index contributed by atoms with van der Waals surface area (Å²) in [5.74, 6) is 0.220. The first-order chi connectivity index (χ1) is 16.5. The van der Waals surface area contributed by atoms with E-state index in [0.29, 0.717) is 6.61 Å². The lowest BCUT2D eigenvalue weighted by atomic mass is 10.4. The number of aliphatic hydroxyl groups excluding tert-OH is 1. The minimum absolute atomic E-state index is 0.00907. The summed E-state index contributed by atoms with van der Waals surface area (Å²) < 4.78 is 19.2. The summed E-state index contributed by atoms with van der Waals surface area (Å²) in [6.45, 7) is 0.402. The molecule has 1 aliphatic heterocycles. The molecule has 0 aromatic carbocycles. The normalized spacial score (nSPS) is 19.0. The van der Waals surface area contributed by atoms with E-state index in [1.165, 1.54) is 34.3 Å². The Labute approximate surface area is 196 Å². The van der Waals surface area contributed by atoms with E-state index < -0.39 is 17.4 Å². The number of nitrogens with two attached hydrogens (primary N) is 1. The summed E-state index contributed by atoms with van der Waals surface area (Å²) in [4.78, 5) is 44.4. The van der Waals surface area contributed by atoms with Gasteiger partial charge in [0.2, 0.25) is 5.95 Å². The van der Waals surface area contributed by atoms with Crippen LogP contribution in [0.1, 0.15) is 5.37 Å². The van der Waals surface area contributed by atoms with Crippen LogP contribution in [0.3, 0.4) is 0 Å². The Balaban J connectivity index is 1.34. The van der Waals surface area contributed by atoms with Crippen molar-refractivity contribution in [3.63, 3.8) is 0 Å². The molecular formula is C18H24N8O7S. The fourth-order valence-electron chi connectivity index (χ4n) is 3.12. The van der Waals surface area contributed by atoms with Crippen LogP contribution in [-0.2, 0) is 25.8 Å². The average Bonchev–Trinajstić information content (AvgIpc) is 3.44. The van der Waals surface area contributed by atoms with Gasteiger partial charge in [0.05, 0.1) is 26.1 Å². The molecule has 16 heteroatoms. The van der Waals surface area contributed by atoms with E-state index in [4.69, 9.17) is 24.8 Å². The molecule has 0 saturated carbocycles. The van der Waals surface area contributed by atoms with E-state index in [2.05, 4.69) is 25.4 Å². The van der Waals surface area contributed by atoms with Crippen LogP contribution in [0, 0.1) is 0 Å². The molecule has 1 aliphatic rings. The Hall–Kier alpha value is -3.02. The van der Waals surface area contributed by atoms with Gasteiger partial charge in [-0.2, -0.15) is 9.97 Å². The highest BCUT2D eigenvalue weighted by molar-refractivity contribution is 8.00. The molecule has 3 atom stereocenters. The number of aromatic nitrogens is 6. The zero-order valence-corrected chi connectivity index (χ0v) is 18.9. The van der Waals surface area contributed by atoms with Crippen LogP contribution in [0.4, 0.5) is 11.8 Å². The monoisotopic (exact) mass is 496 g/mol. The molecule has 1 unspecified atom stereocenters. The summed E-state index contributed by atoms with van der Waals surface area (Å²) in [5.41, 5.74) is 7.22. The number of nitrogens with zero attached hydrogens (tertiary/aromatic N) is 5. The SMILES string of the molecule is COCC(CO)OCn1cnc2c(=O)[nH]c(NOC[C@@H]3OC[C@H](n4ccc(N)nc4=O)S3)nc21. The molecule has 1 saturated heterocycles. The van der Waals surface area contributed by atoms with Crippen LogP contribution >= 0.6 is 11.8 Å². The van der Waals surface area contributed by atoms with Crippen molar-refractivity contribution in [2.24, 2.45) is 0 Å². The van der Waals surface area contributed by atoms with E-state index in [1.807, 2.05) is 0 Å². The van der Waals surface area contributed by atoms with Crippen LogP contribution in [0.15, 0.2) is 28.2 Å². The molecule has 0 aliphatic carbocycles. The number of hydrogen-bond donors (Lipinski definition) is 4. The summed E-state index contributed by atoms with van der Waals surface area (Å²) in [5, 5.41) is 9.05. The summed E-state index contributed by atoms with van der Waals surface area (Å²) >= 11 is 1.39. The van der Waals surface area contributed by atoms with Crippen molar-refractivity contribution < 1.29 is 24.2 Å². The molecule has 1 fully saturated rings. The Kier molecular flexibility index (Phi) is 7.76. The van der Waals surface area contributed by atoms with Crippen LogP contribution in [0.2, 0.25) is 0 Å². The van der Waals surface area contributed by atoms with Gasteiger partial charge in [-0.25, -0.2) is 15.3 Å². The van der Waals surface area contributed by atoms with E-state index in [0.717, 1.165) is 0 Å². The van der Waals surface area contributed by atoms with Crippen molar-refractivity contribution in [2.75, 3.05) is 44.8 Å². The number of methoxy groups -OCH3 is 1. The summed E-state index contributed by atoms with van der Waals surface area (Å²) in [7, 11) is 1.50. The largest absolute Gasteiger partial charge is 0.394 e. The molecule has 5 N–H and O–H groups in total. The number of aliphatic hydroxyl groups is 1. The van der Waals surface area contributed by atoms with Gasteiger partial charge < -0.3 is 25.1 Å². The fourth-order valence-corrected chi connectivity index (χ4v) is 4.22. The topological polar surface area (TPSA) is 194 Å². The van der Waals surface area contributed by atoms with E-state index in [-0.39, 0.29) is 60.3 Å². The number of rotatable bonds is 11. The molecule has 0 bridgehead atoms. The first-order valence-corrected chi connectivity index (χ1v) is 11.1. The zero-order valence-electron chi connectivity index (χ0n) is 18.1. The molecule has 3 aromatic heterocycles. The first-order valence-electron chi connectivity index (χ1n) is 10.1. The predicted molar refractivity (Wildman–Crippen MR) is 121 cm³/mol. The Bertz CT molecular complexity index is 1230. The number of ether oxygens (including phenoxy) is 3. The summed E-state index contributed by atoms with van der Waals surface area (Å²) in [6.07, 6.45) is 2.45. The maximum atomic E-state index is 12.3. The van der Waals surface area contributed by atoms with Crippen LogP contribution in [0.5, 0.6) is 0 Å². The number of fused-ring (bicyclic) bond motifs is 1. The molecule has 0 spiro atoms. The van der Waals surface area contributed by atoms with Gasteiger partial charge in [-0.05, 0) is 6.07 Å². The second-order valence-corrected chi connectivity index (χ2v) is 8.51. The second kappa shape index (κ2) is 10.9. The Morgan fingerprint density at radius 2 is 2.29 bits per heavy atom. The number of imidazole rings is 1. The van der Waals surface area contributed by atoms with Crippen LogP contribution < -0.4 is 22.5 Å². The van der Waals surface area contributed by atoms with Gasteiger partial charge in [0, 0.05) is 13.3 Å². The third-order valence-electron chi connectivity index (χ3n) is 4.76. The van der Waals surface area contributed by atoms with Gasteiger partial charge in [0.15, 0.2) is 11.2 Å². The molecule has 4 rings (SSSR count). The smallest absolute Gasteiger partial charge is 0.350 e. The Morgan fingerprint density at radius 3 is 3.06 bits per heavy atom. The third kappa shape index (κ3) is 5.54. The Morgan fingerprint density at radius 1 is 1.44 bits per heavy atom. The quantitative estimate of drug-likeness (QED) is 0.233. The number of anilines is 2. The number of nitrogens with one attached hydrogen (secondary N) is 2. The minimum atomic E-state index is -0.530. The molecule has 0 amide bonds. The van der Waals surface area contributed by atoms with Gasteiger partial charge in [0.1, 0.15) is 36.1 Å². The lowest BCUT2D eigenvalue weighted by molar-refractivity contribution is -0.0577. The minimum Gasteiger partial charge on any atom is -0.394 e. The highest BCUT2D eigenvalue weighted by Crippen LogP contribution is 2.34. The van der Waals surface area contributed by atoms with Crippen molar-refractivity contribution in [1.82, 2.24) is 29.1 Å². The highest BCUT2D eigenvalue weighted by atomic mass is 32.2. The van der Waals surface area contributed by atoms with Gasteiger partial charge in [0.25, 0.3) is 5.56 Å². The third-order valence-corrected chi connectivity index (χ3v) is 6.02. The predicted octanol–water partition coefficient (Wildman–Crippen LogP) is -1.13. The fraction of sp³-hybridized carbons (Fsp3) is 0.500. The van der Waals surface area contributed by atoms with Gasteiger partial charge in [-0.15, -0.1) is 11.8 Å². The van der Waals surface area contributed by atoms with E-state index in [9.17, 15) is 14.7 Å². The highest BCUT2D eigenvalue weighted by Gasteiger charge is 2.28. The first kappa shape index (κ1) is 24.1. The second-order valence-electron chi connectivity index (χ2n) is 7.17. The number of hydrogen-bond acceptors (Lipinski definition) is 13. The number of thioether (sulfide) groups is 1. The molecule has 184 valence electrons. The van der Waals surface area contributed by atoms with Gasteiger partial charge in [-0.1, -0.05) is 0 Å². The molecule has 3 aromatic rings. The molecular weight excluding hydrogens is 472 g/mol. The van der Waals surface area contributed by atoms with Gasteiger partial charge in [-0.3, -0.25) is 23.8 Å². The maximum Gasteiger partial charge on any atom is 0.350 e. The number of aromatic amines is 1. The van der Waals surface area contributed by atoms with Crippen molar-refractivity contribution in [2.45, 2.75) is 23.6 Å². The lowest BCUT2D eigenvalue weighted by Gasteiger charge is -2.15. The van der Waals surface area contributed by atoms with Crippen molar-refractivity contribution in [1.29, 1.82) is 0 Å². The van der Waals surface area contributed by atoms with Gasteiger partial charge >= 0.3 is 5.69 Å². The van der Waals surface area contributed by atoms with Crippen LogP contribution in [-0.4, -0.2) is 79.3 Å². The van der Waals surface area contributed by atoms with Crippen molar-refractivity contribution >= 4 is 34.7 Å². The standard InChI is InChI=1S/C18H24N8O7S/c1-30-5-10(4-27)32-9-25-8-20-14-15(25)22-17(23-16(14)28)24-33-7-13-31-6-12(34-13)26-3-2-11(19)21-18(26)29/h2-3,8,10,12-13,27H,4-7,9H2,1H3,(H2,19,21,29)(H2,22,23,24,28)/t10?,12-,13-/m1/s1. The summed E-state index contributed by atoms with van der Waals surface area (Å²) in [6, 6.07) is 1.54. The molecule has 34 heavy (non-hydrogen) atoms. The van der Waals surface area contributed by atoms with E-state index in [1.54, 1.807) is 12.3 Å². The zero-order chi connectivity index (χ0) is 24.1. The molecule has 4 heterocycles. The van der Waals surface area contributed by atoms with Crippen molar-refractivity contribution in [3.05, 3.63) is 39.4 Å². The number of H-pyrrole nitrogens is 1. The molecule has 0 radical (unpaired) electrons. The van der Waals surface area contributed by atoms with Crippen molar-refractivity contribution in [3.8, 4) is 0 Å². The number of nitrogen functional groups attached to an aromatic ring is 1. The average molecular weight is 497 g/mol. The molecule has 15 nitrogen and oxygen atoms in total. The lowest BCUT2D eigenvalue weighted by Crippen LogP contribution is -2.26. The van der Waals surface area contributed by atoms with Crippen LogP contribution in [0.25, 0.3) is 11.2 Å². The maximum absolute atomic E-state index is 12.3. The van der Waals surface area contributed by atoms with E-state index >= 15 is 0 Å².